The van der Waals surface area contributed by atoms with Gasteiger partial charge in [-0.05, 0) is 41.9 Å². The highest BCUT2D eigenvalue weighted by atomic mass is 16.5. The number of aliphatic imine (C=N–C) groups is 1. The van der Waals surface area contributed by atoms with E-state index in [4.69, 9.17) is 9.73 Å². The van der Waals surface area contributed by atoms with Crippen LogP contribution in [0.3, 0.4) is 0 Å². The van der Waals surface area contributed by atoms with E-state index in [1.165, 1.54) is 5.56 Å². The largest absolute Gasteiger partial charge is 0.457 e. The first-order chi connectivity index (χ1) is 15.3. The summed E-state index contributed by atoms with van der Waals surface area (Å²) in [5, 5.41) is 0. The summed E-state index contributed by atoms with van der Waals surface area (Å²) < 4.78 is 5.71. The van der Waals surface area contributed by atoms with E-state index in [2.05, 4.69) is 45.0 Å². The standard InChI is InChI=1S/C28H31NO3/c1-5-19-11-13-21(14-12-19)25-24(27(31)32-17-20-9-7-6-8-10-20)18(2)29-22-15-28(3,4)16-23(30)26(22)25/h6-14,25-26H,5,15-17H2,1-4H3/t25-,26?/m1/s1. The molecule has 2 aromatic carbocycles. The molecule has 4 heteroatoms. The molecule has 1 saturated carbocycles. The van der Waals surface area contributed by atoms with Crippen molar-refractivity contribution in [3.05, 3.63) is 82.6 Å². The lowest BCUT2D eigenvalue weighted by molar-refractivity contribution is -0.140. The molecule has 0 spiro atoms. The van der Waals surface area contributed by atoms with Crippen LogP contribution < -0.4 is 0 Å². The number of allylic oxidation sites excluding steroid dienone is 1. The number of nitrogens with zero attached hydrogens (tertiary/aromatic N) is 1. The van der Waals surface area contributed by atoms with Gasteiger partial charge in [-0.2, -0.15) is 0 Å². The van der Waals surface area contributed by atoms with Gasteiger partial charge in [0, 0.05) is 23.7 Å². The van der Waals surface area contributed by atoms with Crippen LogP contribution in [0.1, 0.15) is 63.1 Å². The summed E-state index contributed by atoms with van der Waals surface area (Å²) in [6, 6.07) is 17.9. The summed E-state index contributed by atoms with van der Waals surface area (Å²) in [4.78, 5) is 31.5. The fraction of sp³-hybridized carbons (Fsp3) is 0.393. The Labute approximate surface area is 190 Å². The number of Topliss-reactive ketones (excluding diaryl/α,β-unsaturated/α-hetero) is 1. The summed E-state index contributed by atoms with van der Waals surface area (Å²) in [6.45, 7) is 8.39. The van der Waals surface area contributed by atoms with Crippen molar-refractivity contribution in [3.63, 3.8) is 0 Å². The minimum absolute atomic E-state index is 0.116. The molecule has 1 unspecified atom stereocenters. The molecule has 0 radical (unpaired) electrons. The molecule has 4 rings (SSSR count). The normalized spacial score (nSPS) is 22.2. The van der Waals surface area contributed by atoms with Crippen molar-refractivity contribution < 1.29 is 14.3 Å². The molecule has 2 aliphatic rings. The Morgan fingerprint density at radius 1 is 1.00 bits per heavy atom. The number of esters is 1. The van der Waals surface area contributed by atoms with Crippen LogP contribution in [0.2, 0.25) is 0 Å². The molecule has 1 heterocycles. The lowest BCUT2D eigenvalue weighted by atomic mass is 9.63. The smallest absolute Gasteiger partial charge is 0.336 e. The third-order valence-corrected chi connectivity index (χ3v) is 6.54. The number of carbonyl (C=O) groups excluding carboxylic acids is 2. The topological polar surface area (TPSA) is 55.7 Å². The van der Waals surface area contributed by atoms with Crippen molar-refractivity contribution in [3.8, 4) is 0 Å². The van der Waals surface area contributed by atoms with Crippen molar-refractivity contribution in [1.29, 1.82) is 0 Å². The molecule has 1 aliphatic heterocycles. The molecule has 4 nitrogen and oxygen atoms in total. The van der Waals surface area contributed by atoms with Gasteiger partial charge in [-0.25, -0.2) is 4.79 Å². The fourth-order valence-corrected chi connectivity index (χ4v) is 4.98. The van der Waals surface area contributed by atoms with Crippen LogP contribution in [-0.4, -0.2) is 17.5 Å². The lowest BCUT2D eigenvalue weighted by Gasteiger charge is -2.41. The van der Waals surface area contributed by atoms with Gasteiger partial charge < -0.3 is 4.74 Å². The van der Waals surface area contributed by atoms with Crippen molar-refractivity contribution >= 4 is 17.5 Å². The van der Waals surface area contributed by atoms with Crippen LogP contribution in [-0.2, 0) is 27.4 Å². The summed E-state index contributed by atoms with van der Waals surface area (Å²) >= 11 is 0. The third kappa shape index (κ3) is 4.45. The summed E-state index contributed by atoms with van der Waals surface area (Å²) in [5.74, 6) is -1.000. The van der Waals surface area contributed by atoms with Crippen LogP contribution in [0.25, 0.3) is 0 Å². The molecule has 32 heavy (non-hydrogen) atoms. The van der Waals surface area contributed by atoms with Gasteiger partial charge >= 0.3 is 5.97 Å². The molecular weight excluding hydrogens is 398 g/mol. The van der Waals surface area contributed by atoms with E-state index in [1.54, 1.807) is 0 Å². The third-order valence-electron chi connectivity index (χ3n) is 6.54. The molecule has 2 atom stereocenters. The molecule has 1 aliphatic carbocycles. The average molecular weight is 430 g/mol. The zero-order valence-electron chi connectivity index (χ0n) is 19.4. The Balaban J connectivity index is 1.73. The molecule has 1 fully saturated rings. The molecule has 0 N–H and O–H groups in total. The van der Waals surface area contributed by atoms with Crippen molar-refractivity contribution in [2.24, 2.45) is 16.3 Å². The average Bonchev–Trinajstić information content (AvgIpc) is 2.76. The quantitative estimate of drug-likeness (QED) is 0.564. The first kappa shape index (κ1) is 22.2. The first-order valence-corrected chi connectivity index (χ1v) is 11.4. The summed E-state index contributed by atoms with van der Waals surface area (Å²) in [6.07, 6.45) is 2.19. The summed E-state index contributed by atoms with van der Waals surface area (Å²) in [5.41, 5.74) is 5.07. The van der Waals surface area contributed by atoms with Gasteiger partial charge in [0.05, 0.1) is 11.5 Å². The number of benzene rings is 2. The number of hydrogen-bond donors (Lipinski definition) is 0. The van der Waals surface area contributed by atoms with Crippen LogP contribution in [0.4, 0.5) is 0 Å². The van der Waals surface area contributed by atoms with E-state index in [1.807, 2.05) is 37.3 Å². The van der Waals surface area contributed by atoms with Crippen molar-refractivity contribution in [2.75, 3.05) is 0 Å². The molecule has 166 valence electrons. The van der Waals surface area contributed by atoms with Gasteiger partial charge in [-0.3, -0.25) is 9.79 Å². The Hall–Kier alpha value is -3.01. The van der Waals surface area contributed by atoms with E-state index >= 15 is 0 Å². The van der Waals surface area contributed by atoms with E-state index < -0.39 is 11.9 Å². The number of carbonyl (C=O) groups is 2. The van der Waals surface area contributed by atoms with E-state index in [9.17, 15) is 9.59 Å². The molecule has 0 bridgehead atoms. The van der Waals surface area contributed by atoms with Crippen molar-refractivity contribution in [1.82, 2.24) is 0 Å². The molecule has 0 aromatic heterocycles. The molecule has 2 aromatic rings. The number of aryl methyl sites for hydroxylation is 1. The van der Waals surface area contributed by atoms with Crippen LogP contribution in [0.15, 0.2) is 70.9 Å². The predicted octanol–water partition coefficient (Wildman–Crippen LogP) is 5.81. The first-order valence-electron chi connectivity index (χ1n) is 11.4. The number of hydrogen-bond acceptors (Lipinski definition) is 4. The summed E-state index contributed by atoms with van der Waals surface area (Å²) in [7, 11) is 0. The maximum Gasteiger partial charge on any atom is 0.336 e. The van der Waals surface area contributed by atoms with Gasteiger partial charge in [-0.15, -0.1) is 0 Å². The second-order valence-electron chi connectivity index (χ2n) is 9.70. The minimum Gasteiger partial charge on any atom is -0.457 e. The fourth-order valence-electron chi connectivity index (χ4n) is 4.98. The maximum atomic E-state index is 13.3. The van der Waals surface area contributed by atoms with Crippen LogP contribution in [0.5, 0.6) is 0 Å². The van der Waals surface area contributed by atoms with Crippen LogP contribution in [0, 0.1) is 11.3 Å². The highest BCUT2D eigenvalue weighted by Gasteiger charge is 2.47. The number of fused-ring (bicyclic) bond motifs is 1. The van der Waals surface area contributed by atoms with E-state index in [-0.39, 0.29) is 23.7 Å². The highest BCUT2D eigenvalue weighted by molar-refractivity contribution is 6.12. The number of rotatable bonds is 5. The Bertz CT molecular complexity index is 1080. The zero-order valence-corrected chi connectivity index (χ0v) is 19.4. The Morgan fingerprint density at radius 3 is 2.34 bits per heavy atom. The van der Waals surface area contributed by atoms with Crippen molar-refractivity contribution in [2.45, 2.75) is 59.5 Å². The Kier molecular flexibility index (Phi) is 6.14. The molecule has 0 saturated heterocycles. The predicted molar refractivity (Wildman–Crippen MR) is 126 cm³/mol. The molecule has 0 amide bonds. The maximum absolute atomic E-state index is 13.3. The van der Waals surface area contributed by atoms with Gasteiger partial charge in [-0.1, -0.05) is 75.4 Å². The van der Waals surface area contributed by atoms with Crippen LogP contribution >= 0.6 is 0 Å². The van der Waals surface area contributed by atoms with E-state index in [0.717, 1.165) is 29.7 Å². The van der Waals surface area contributed by atoms with Gasteiger partial charge in [0.25, 0.3) is 0 Å². The second kappa shape index (κ2) is 8.85. The van der Waals surface area contributed by atoms with Gasteiger partial charge in [0.1, 0.15) is 12.4 Å². The number of ether oxygens (including phenoxy) is 1. The second-order valence-corrected chi connectivity index (χ2v) is 9.70. The minimum atomic E-state index is -0.404. The molecular formula is C28H31NO3. The SMILES string of the molecule is CCc1ccc([C@@H]2C(C(=O)OCc3ccccc3)=C(C)N=C3CC(C)(C)CC(=O)C32)cc1. The number of ketones is 1. The highest BCUT2D eigenvalue weighted by Crippen LogP contribution is 2.47. The van der Waals surface area contributed by atoms with E-state index in [0.29, 0.717) is 17.7 Å². The Morgan fingerprint density at radius 2 is 1.69 bits per heavy atom. The van der Waals surface area contributed by atoms with Gasteiger partial charge in [0.2, 0.25) is 0 Å². The van der Waals surface area contributed by atoms with Gasteiger partial charge in [0.15, 0.2) is 0 Å². The lowest BCUT2D eigenvalue weighted by Crippen LogP contribution is -2.44. The monoisotopic (exact) mass is 429 g/mol. The zero-order chi connectivity index (χ0) is 22.9.